The Morgan fingerprint density at radius 3 is 2.61 bits per heavy atom. The van der Waals surface area contributed by atoms with Crippen LogP contribution >= 0.6 is 0 Å². The van der Waals surface area contributed by atoms with Gasteiger partial charge in [0, 0.05) is 6.54 Å². The number of hydrogen-bond donors (Lipinski definition) is 2. The number of para-hydroxylation sites is 1. The predicted molar refractivity (Wildman–Crippen MR) is 68.6 cm³/mol. The molecule has 7 heteroatoms. The van der Waals surface area contributed by atoms with E-state index >= 15 is 0 Å². The SMILES string of the molecule is CCCNS(=O)(=O)Nc1ccccc1C(=O)OC. The van der Waals surface area contributed by atoms with E-state index in [-0.39, 0.29) is 11.3 Å². The monoisotopic (exact) mass is 272 g/mol. The van der Waals surface area contributed by atoms with E-state index in [9.17, 15) is 13.2 Å². The number of benzene rings is 1. The number of carbonyl (C=O) groups excluding carboxylic acids is 1. The molecule has 0 aromatic heterocycles. The predicted octanol–water partition coefficient (Wildman–Crippen LogP) is 1.13. The first-order valence-electron chi connectivity index (χ1n) is 5.45. The summed E-state index contributed by atoms with van der Waals surface area (Å²) < 4.78 is 32.5. The van der Waals surface area contributed by atoms with Crippen molar-refractivity contribution < 1.29 is 17.9 Å². The van der Waals surface area contributed by atoms with Crippen molar-refractivity contribution in [3.63, 3.8) is 0 Å². The van der Waals surface area contributed by atoms with E-state index in [1.54, 1.807) is 12.1 Å². The molecule has 2 N–H and O–H groups in total. The Morgan fingerprint density at radius 1 is 1.33 bits per heavy atom. The summed E-state index contributed by atoms with van der Waals surface area (Å²) >= 11 is 0. The quantitative estimate of drug-likeness (QED) is 0.760. The summed E-state index contributed by atoms with van der Waals surface area (Å²) in [5, 5.41) is 0. The Hall–Kier alpha value is -1.60. The Bertz CT molecular complexity index is 514. The van der Waals surface area contributed by atoms with E-state index < -0.39 is 16.2 Å². The number of methoxy groups -OCH3 is 1. The Balaban J connectivity index is 2.94. The zero-order valence-electron chi connectivity index (χ0n) is 10.3. The lowest BCUT2D eigenvalue weighted by molar-refractivity contribution is 0.0602. The van der Waals surface area contributed by atoms with Gasteiger partial charge in [0.15, 0.2) is 0 Å². The van der Waals surface area contributed by atoms with E-state index in [2.05, 4.69) is 14.2 Å². The van der Waals surface area contributed by atoms with Gasteiger partial charge in [0.05, 0.1) is 18.4 Å². The highest BCUT2D eigenvalue weighted by atomic mass is 32.2. The molecule has 0 heterocycles. The summed E-state index contributed by atoms with van der Waals surface area (Å²) in [7, 11) is -2.43. The molecule has 0 unspecified atom stereocenters. The van der Waals surface area contributed by atoms with Crippen molar-refractivity contribution in [2.75, 3.05) is 18.4 Å². The first kappa shape index (κ1) is 14.5. The maximum Gasteiger partial charge on any atom is 0.339 e. The van der Waals surface area contributed by atoms with Crippen molar-refractivity contribution in [1.82, 2.24) is 4.72 Å². The highest BCUT2D eigenvalue weighted by Crippen LogP contribution is 2.16. The molecule has 0 bridgehead atoms. The van der Waals surface area contributed by atoms with Crippen molar-refractivity contribution in [3.8, 4) is 0 Å². The van der Waals surface area contributed by atoms with Crippen molar-refractivity contribution in [3.05, 3.63) is 29.8 Å². The largest absolute Gasteiger partial charge is 0.465 e. The lowest BCUT2D eigenvalue weighted by Crippen LogP contribution is -2.31. The average Bonchev–Trinajstić information content (AvgIpc) is 2.36. The van der Waals surface area contributed by atoms with Crippen LogP contribution in [-0.2, 0) is 14.9 Å². The zero-order valence-corrected chi connectivity index (χ0v) is 11.1. The molecular formula is C11H16N2O4S. The van der Waals surface area contributed by atoms with Crippen LogP contribution in [0.3, 0.4) is 0 Å². The fourth-order valence-electron chi connectivity index (χ4n) is 1.28. The summed E-state index contributed by atoms with van der Waals surface area (Å²) in [6.07, 6.45) is 0.680. The van der Waals surface area contributed by atoms with Gasteiger partial charge < -0.3 is 4.74 Å². The number of esters is 1. The molecule has 1 aromatic carbocycles. The second-order valence-electron chi connectivity index (χ2n) is 3.54. The maximum absolute atomic E-state index is 11.6. The lowest BCUT2D eigenvalue weighted by atomic mass is 10.2. The molecule has 0 aliphatic carbocycles. The first-order valence-corrected chi connectivity index (χ1v) is 6.93. The van der Waals surface area contributed by atoms with Gasteiger partial charge in [-0.3, -0.25) is 4.72 Å². The van der Waals surface area contributed by atoms with Gasteiger partial charge in [-0.05, 0) is 18.6 Å². The van der Waals surface area contributed by atoms with Crippen LogP contribution in [-0.4, -0.2) is 28.0 Å². The molecule has 18 heavy (non-hydrogen) atoms. The number of carbonyl (C=O) groups is 1. The Kier molecular flexibility index (Phi) is 5.11. The maximum atomic E-state index is 11.6. The third-order valence-corrected chi connectivity index (χ3v) is 3.19. The first-order chi connectivity index (χ1) is 8.50. The molecule has 100 valence electrons. The molecule has 0 aliphatic rings. The minimum atomic E-state index is -3.67. The van der Waals surface area contributed by atoms with Crippen LogP contribution in [0.2, 0.25) is 0 Å². The summed E-state index contributed by atoms with van der Waals surface area (Å²) in [6, 6.07) is 6.24. The molecule has 1 aromatic rings. The average molecular weight is 272 g/mol. The molecule has 1 rings (SSSR count). The highest BCUT2D eigenvalue weighted by molar-refractivity contribution is 7.90. The summed E-state index contributed by atoms with van der Waals surface area (Å²) in [5.74, 6) is -0.594. The van der Waals surface area contributed by atoms with Gasteiger partial charge in [-0.15, -0.1) is 0 Å². The van der Waals surface area contributed by atoms with Gasteiger partial charge in [-0.25, -0.2) is 4.79 Å². The van der Waals surface area contributed by atoms with Crippen molar-refractivity contribution in [1.29, 1.82) is 0 Å². The van der Waals surface area contributed by atoms with Crippen molar-refractivity contribution in [2.45, 2.75) is 13.3 Å². The number of rotatable bonds is 6. The second kappa shape index (κ2) is 6.36. The van der Waals surface area contributed by atoms with Crippen LogP contribution in [0.25, 0.3) is 0 Å². The third-order valence-electron chi connectivity index (χ3n) is 2.12. The van der Waals surface area contributed by atoms with Gasteiger partial charge in [0.25, 0.3) is 10.2 Å². The van der Waals surface area contributed by atoms with Gasteiger partial charge in [0.2, 0.25) is 0 Å². The van der Waals surface area contributed by atoms with Crippen LogP contribution in [0.4, 0.5) is 5.69 Å². The van der Waals surface area contributed by atoms with Crippen molar-refractivity contribution in [2.24, 2.45) is 0 Å². The number of anilines is 1. The summed E-state index contributed by atoms with van der Waals surface area (Å²) in [6.45, 7) is 2.18. The van der Waals surface area contributed by atoms with E-state index in [4.69, 9.17) is 0 Å². The van der Waals surface area contributed by atoms with Crippen LogP contribution < -0.4 is 9.44 Å². The van der Waals surface area contributed by atoms with Gasteiger partial charge >= 0.3 is 5.97 Å². The second-order valence-corrected chi connectivity index (χ2v) is 5.04. The fourth-order valence-corrected chi connectivity index (χ4v) is 2.29. The van der Waals surface area contributed by atoms with E-state index in [0.717, 1.165) is 0 Å². The third kappa shape index (κ3) is 4.01. The minimum absolute atomic E-state index is 0.168. The van der Waals surface area contributed by atoms with Crippen LogP contribution in [0.5, 0.6) is 0 Å². The van der Waals surface area contributed by atoms with Crippen LogP contribution in [0, 0.1) is 0 Å². The molecule has 0 aliphatic heterocycles. The number of hydrogen-bond acceptors (Lipinski definition) is 4. The molecule has 0 amide bonds. The molecule has 0 spiro atoms. The fraction of sp³-hybridized carbons (Fsp3) is 0.364. The van der Waals surface area contributed by atoms with E-state index in [0.29, 0.717) is 13.0 Å². The Labute approximate surface area is 107 Å². The van der Waals surface area contributed by atoms with Crippen LogP contribution in [0.1, 0.15) is 23.7 Å². The van der Waals surface area contributed by atoms with Gasteiger partial charge in [-0.2, -0.15) is 13.1 Å². The standard InChI is InChI=1S/C11H16N2O4S/c1-3-8-12-18(15,16)13-10-7-5-4-6-9(10)11(14)17-2/h4-7,12-13H,3,8H2,1-2H3. The minimum Gasteiger partial charge on any atom is -0.465 e. The zero-order chi connectivity index (χ0) is 13.6. The lowest BCUT2D eigenvalue weighted by Gasteiger charge is -2.11. The smallest absolute Gasteiger partial charge is 0.339 e. The van der Waals surface area contributed by atoms with E-state index in [1.165, 1.54) is 19.2 Å². The van der Waals surface area contributed by atoms with Gasteiger partial charge in [-0.1, -0.05) is 19.1 Å². The molecule has 0 fully saturated rings. The molecule has 6 nitrogen and oxygen atoms in total. The number of nitrogens with one attached hydrogen (secondary N) is 2. The number of ether oxygens (including phenoxy) is 1. The van der Waals surface area contributed by atoms with Crippen molar-refractivity contribution >= 4 is 21.9 Å². The molecule has 0 atom stereocenters. The summed E-state index contributed by atoms with van der Waals surface area (Å²) in [5.41, 5.74) is 0.356. The molecule has 0 radical (unpaired) electrons. The molecule has 0 saturated carbocycles. The molecular weight excluding hydrogens is 256 g/mol. The molecule has 0 saturated heterocycles. The highest BCUT2D eigenvalue weighted by Gasteiger charge is 2.15. The normalized spacial score (nSPS) is 11.0. The van der Waals surface area contributed by atoms with E-state index in [1.807, 2.05) is 6.92 Å². The van der Waals surface area contributed by atoms with Crippen LogP contribution in [0.15, 0.2) is 24.3 Å². The van der Waals surface area contributed by atoms with Gasteiger partial charge in [0.1, 0.15) is 0 Å². The Morgan fingerprint density at radius 2 is 2.00 bits per heavy atom. The summed E-state index contributed by atoms with van der Waals surface area (Å²) in [4.78, 5) is 11.5. The topological polar surface area (TPSA) is 84.5 Å².